The molecule has 0 bridgehead atoms. The van der Waals surface area contributed by atoms with Gasteiger partial charge in [-0.25, -0.2) is 23.9 Å². The van der Waals surface area contributed by atoms with Gasteiger partial charge < -0.3 is 31.1 Å². The molecule has 2 unspecified atom stereocenters. The Balaban J connectivity index is 1.68. The SMILES string of the molecule is O=C(O)CCC(NC(=O)NC(Cc1ccc(CC(=O)c2cc(C(=O)O)cc(-n3cc(CCCF)nn3)c2)cc1)C(=O)O)C(=O)O. The van der Waals surface area contributed by atoms with Gasteiger partial charge in [0.15, 0.2) is 5.78 Å². The third-order valence-corrected chi connectivity index (χ3v) is 6.54. The minimum atomic E-state index is -1.54. The summed E-state index contributed by atoms with van der Waals surface area (Å²) >= 11 is 0. The Kier molecular flexibility index (Phi) is 11.8. The minimum absolute atomic E-state index is 0.0963. The highest BCUT2D eigenvalue weighted by Gasteiger charge is 2.25. The number of aromatic nitrogens is 3. The van der Waals surface area contributed by atoms with Crippen molar-refractivity contribution in [1.29, 1.82) is 0 Å². The monoisotopic (exact) mass is 627 g/mol. The number of urea groups is 1. The third kappa shape index (κ3) is 10.2. The number of benzene rings is 2. The van der Waals surface area contributed by atoms with Gasteiger partial charge in [0, 0.05) is 24.8 Å². The van der Waals surface area contributed by atoms with Crippen LogP contribution in [-0.4, -0.2) is 89.9 Å². The third-order valence-electron chi connectivity index (χ3n) is 6.54. The predicted molar refractivity (Wildman–Crippen MR) is 152 cm³/mol. The predicted octanol–water partition coefficient (Wildman–Crippen LogP) is 1.91. The molecule has 3 rings (SSSR count). The Bertz CT molecular complexity index is 1570. The molecule has 1 heterocycles. The number of aliphatic carboxylic acids is 3. The van der Waals surface area contributed by atoms with E-state index in [1.54, 1.807) is 24.3 Å². The summed E-state index contributed by atoms with van der Waals surface area (Å²) in [5.41, 5.74) is 1.71. The average Bonchev–Trinajstić information content (AvgIpc) is 3.47. The van der Waals surface area contributed by atoms with Crippen molar-refractivity contribution in [3.05, 3.63) is 76.6 Å². The molecule has 3 aromatic rings. The van der Waals surface area contributed by atoms with E-state index in [9.17, 15) is 48.5 Å². The van der Waals surface area contributed by atoms with E-state index in [1.807, 2.05) is 0 Å². The van der Waals surface area contributed by atoms with Crippen LogP contribution >= 0.6 is 0 Å². The lowest BCUT2D eigenvalue weighted by atomic mass is 9.98. The van der Waals surface area contributed by atoms with Gasteiger partial charge in [-0.15, -0.1) is 5.10 Å². The van der Waals surface area contributed by atoms with Gasteiger partial charge in [-0.3, -0.25) is 14.0 Å². The van der Waals surface area contributed by atoms with Crippen LogP contribution in [0.2, 0.25) is 0 Å². The summed E-state index contributed by atoms with van der Waals surface area (Å²) in [7, 11) is 0. The van der Waals surface area contributed by atoms with Gasteiger partial charge in [0.05, 0.1) is 29.8 Å². The summed E-state index contributed by atoms with van der Waals surface area (Å²) in [4.78, 5) is 70.9. The molecule has 0 spiro atoms. The molecule has 1 aromatic heterocycles. The lowest BCUT2D eigenvalue weighted by Gasteiger charge is -2.18. The molecule has 0 aliphatic carbocycles. The van der Waals surface area contributed by atoms with Gasteiger partial charge in [-0.1, -0.05) is 29.5 Å². The zero-order valence-electron chi connectivity index (χ0n) is 23.7. The zero-order valence-corrected chi connectivity index (χ0v) is 23.7. The fourth-order valence-electron chi connectivity index (χ4n) is 4.21. The van der Waals surface area contributed by atoms with Crippen LogP contribution in [0.5, 0.6) is 0 Å². The summed E-state index contributed by atoms with van der Waals surface area (Å²) < 4.78 is 13.8. The number of carboxylic acids is 4. The van der Waals surface area contributed by atoms with Crippen molar-refractivity contribution in [2.24, 2.45) is 0 Å². The number of alkyl halides is 1. The van der Waals surface area contributed by atoms with Crippen LogP contribution in [0.1, 0.15) is 56.8 Å². The maximum Gasteiger partial charge on any atom is 0.335 e. The molecule has 6 N–H and O–H groups in total. The van der Waals surface area contributed by atoms with Crippen molar-refractivity contribution < 1.29 is 53.6 Å². The molecule has 2 atom stereocenters. The van der Waals surface area contributed by atoms with Crippen LogP contribution in [0, 0.1) is 0 Å². The van der Waals surface area contributed by atoms with E-state index >= 15 is 0 Å². The highest BCUT2D eigenvalue weighted by atomic mass is 19.1. The van der Waals surface area contributed by atoms with E-state index in [-0.39, 0.29) is 36.1 Å². The molecule has 0 fully saturated rings. The second kappa shape index (κ2) is 15.7. The Morgan fingerprint density at radius 1 is 0.844 bits per heavy atom. The van der Waals surface area contributed by atoms with E-state index in [4.69, 9.17) is 5.11 Å². The number of amides is 2. The number of hydrogen-bond acceptors (Lipinski definition) is 8. The molecule has 45 heavy (non-hydrogen) atoms. The molecular formula is C29H30FN5O10. The van der Waals surface area contributed by atoms with Gasteiger partial charge >= 0.3 is 29.9 Å². The van der Waals surface area contributed by atoms with E-state index < -0.39 is 67.3 Å². The van der Waals surface area contributed by atoms with Crippen molar-refractivity contribution in [1.82, 2.24) is 25.6 Å². The van der Waals surface area contributed by atoms with Crippen LogP contribution in [-0.2, 0) is 33.6 Å². The first-order chi connectivity index (χ1) is 21.4. The number of Topliss-reactive ketones (excluding diaryl/α,β-unsaturated/α-hetero) is 1. The van der Waals surface area contributed by atoms with Crippen LogP contribution in [0.3, 0.4) is 0 Å². The number of aryl methyl sites for hydroxylation is 1. The van der Waals surface area contributed by atoms with Gasteiger partial charge in [-0.05, 0) is 48.6 Å². The number of hydrogen-bond donors (Lipinski definition) is 6. The van der Waals surface area contributed by atoms with Gasteiger partial charge in [-0.2, -0.15) is 0 Å². The van der Waals surface area contributed by atoms with Gasteiger partial charge in [0.25, 0.3) is 0 Å². The number of carbonyl (C=O) groups excluding carboxylic acids is 2. The van der Waals surface area contributed by atoms with Crippen molar-refractivity contribution in [2.75, 3.05) is 6.67 Å². The molecule has 0 aliphatic heterocycles. The average molecular weight is 628 g/mol. The van der Waals surface area contributed by atoms with E-state index in [2.05, 4.69) is 20.9 Å². The van der Waals surface area contributed by atoms with E-state index in [0.29, 0.717) is 23.2 Å². The number of ketones is 1. The van der Waals surface area contributed by atoms with Crippen molar-refractivity contribution in [3.8, 4) is 5.69 Å². The topological polar surface area (TPSA) is 238 Å². The lowest BCUT2D eigenvalue weighted by Crippen LogP contribution is -2.51. The molecule has 16 heteroatoms. The Morgan fingerprint density at radius 3 is 2.07 bits per heavy atom. The number of carboxylic acid groups (broad SMARTS) is 4. The summed E-state index contributed by atoms with van der Waals surface area (Å²) in [5, 5.41) is 49.1. The maximum absolute atomic E-state index is 13.1. The Morgan fingerprint density at radius 2 is 1.47 bits per heavy atom. The number of aromatic carboxylic acids is 1. The van der Waals surface area contributed by atoms with Gasteiger partial charge in [0.1, 0.15) is 12.1 Å². The second-order valence-corrected chi connectivity index (χ2v) is 9.97. The highest BCUT2D eigenvalue weighted by molar-refractivity contribution is 6.00. The van der Waals surface area contributed by atoms with Crippen LogP contribution < -0.4 is 10.6 Å². The normalized spacial score (nSPS) is 12.1. The summed E-state index contributed by atoms with van der Waals surface area (Å²) in [6.45, 7) is -0.526. The lowest BCUT2D eigenvalue weighted by molar-refractivity contribution is -0.140. The second-order valence-electron chi connectivity index (χ2n) is 9.97. The molecule has 2 aromatic carbocycles. The highest BCUT2D eigenvalue weighted by Crippen LogP contribution is 2.18. The van der Waals surface area contributed by atoms with E-state index in [1.165, 1.54) is 29.1 Å². The van der Waals surface area contributed by atoms with Crippen molar-refractivity contribution in [3.63, 3.8) is 0 Å². The summed E-state index contributed by atoms with van der Waals surface area (Å²) in [6, 6.07) is 6.12. The largest absolute Gasteiger partial charge is 0.481 e. The number of carbonyl (C=O) groups is 6. The Labute approximate surface area is 254 Å². The molecule has 0 saturated carbocycles. The number of halogens is 1. The summed E-state index contributed by atoms with van der Waals surface area (Å²) in [6.07, 6.45) is 0.871. The first-order valence-corrected chi connectivity index (χ1v) is 13.6. The first-order valence-electron chi connectivity index (χ1n) is 13.6. The Hall–Kier alpha value is -5.67. The standard InChI is InChI=1S/C29H30FN5O10/c30-9-1-2-20-15-35(34-33-20)21-13-18(12-19(14-21)26(39)40)24(36)11-17-5-3-16(4-6-17)10-23(28(43)44)32-29(45)31-22(27(41)42)7-8-25(37)38/h3-6,12-15,22-23H,1-2,7-11H2,(H,37,38)(H,39,40)(H,41,42)(H,43,44)(H2,31,32,45). The van der Waals surface area contributed by atoms with Crippen LogP contribution in [0.25, 0.3) is 5.69 Å². The number of rotatable bonds is 17. The van der Waals surface area contributed by atoms with Crippen molar-refractivity contribution >= 4 is 35.7 Å². The first kappa shape index (κ1) is 33.8. The smallest absolute Gasteiger partial charge is 0.335 e. The maximum atomic E-state index is 13.1. The van der Waals surface area contributed by atoms with Gasteiger partial charge in [0.2, 0.25) is 0 Å². The molecule has 0 radical (unpaired) electrons. The fraction of sp³-hybridized carbons (Fsp3) is 0.310. The molecule has 2 amide bonds. The molecule has 238 valence electrons. The number of nitrogens with zero attached hydrogens (tertiary/aromatic N) is 3. The summed E-state index contributed by atoms with van der Waals surface area (Å²) in [5.74, 6) is -5.82. The fourth-order valence-corrected chi connectivity index (χ4v) is 4.21. The zero-order chi connectivity index (χ0) is 33.1. The molecule has 0 saturated heterocycles. The van der Waals surface area contributed by atoms with Crippen LogP contribution in [0.4, 0.5) is 9.18 Å². The number of nitrogens with one attached hydrogen (secondary N) is 2. The molecular weight excluding hydrogens is 597 g/mol. The molecule has 0 aliphatic rings. The molecule has 15 nitrogen and oxygen atoms in total. The quantitative estimate of drug-likeness (QED) is 0.118. The minimum Gasteiger partial charge on any atom is -0.481 e. The van der Waals surface area contributed by atoms with Crippen LogP contribution in [0.15, 0.2) is 48.7 Å². The van der Waals surface area contributed by atoms with E-state index in [0.717, 1.165) is 0 Å². The van der Waals surface area contributed by atoms with Crippen molar-refractivity contribution in [2.45, 2.75) is 50.6 Å².